The summed E-state index contributed by atoms with van der Waals surface area (Å²) in [7, 11) is 0. The molecule has 1 fully saturated rings. The van der Waals surface area contributed by atoms with Crippen molar-refractivity contribution in [3.63, 3.8) is 0 Å². The van der Waals surface area contributed by atoms with E-state index < -0.39 is 5.97 Å². The van der Waals surface area contributed by atoms with Crippen molar-refractivity contribution in [1.82, 2.24) is 14.4 Å². The van der Waals surface area contributed by atoms with Gasteiger partial charge in [0.15, 0.2) is 11.3 Å². The van der Waals surface area contributed by atoms with E-state index in [1.54, 1.807) is 17.7 Å². The number of imidazole rings is 1. The Hall–Kier alpha value is -2.11. The number of aromatic nitrogens is 3. The third kappa shape index (κ3) is 2.25. The highest BCUT2D eigenvalue weighted by Crippen LogP contribution is 2.25. The fourth-order valence-electron chi connectivity index (χ4n) is 1.97. The van der Waals surface area contributed by atoms with Crippen LogP contribution in [0.5, 0.6) is 0 Å². The first-order valence-electron chi connectivity index (χ1n) is 6.47. The molecule has 1 aliphatic carbocycles. The van der Waals surface area contributed by atoms with E-state index in [9.17, 15) is 4.79 Å². The molecule has 3 rings (SSSR count). The Balaban J connectivity index is 2.03. The molecule has 0 aromatic carbocycles. The normalized spacial score (nSPS) is 14.6. The number of carbonyl (C=O) groups excluding carboxylic acids is 1. The summed E-state index contributed by atoms with van der Waals surface area (Å²) < 4.78 is 6.79. The minimum atomic E-state index is -0.430. The lowest BCUT2D eigenvalue weighted by Crippen LogP contribution is -2.09. The second kappa shape index (κ2) is 4.53. The molecule has 0 aliphatic heterocycles. The van der Waals surface area contributed by atoms with E-state index in [-0.39, 0.29) is 5.69 Å². The van der Waals surface area contributed by atoms with Crippen LogP contribution in [0.25, 0.3) is 5.65 Å². The first kappa shape index (κ1) is 12.0. The molecule has 1 saturated carbocycles. The molecule has 2 heterocycles. The SMILES string of the molecule is CCOC(=O)c1ncn2c(C)cc(NC3CC3)nc12. The summed E-state index contributed by atoms with van der Waals surface area (Å²) in [4.78, 5) is 20.4. The average molecular weight is 260 g/mol. The van der Waals surface area contributed by atoms with E-state index in [0.29, 0.717) is 18.3 Å². The molecule has 19 heavy (non-hydrogen) atoms. The molecule has 1 aliphatic rings. The lowest BCUT2D eigenvalue weighted by Gasteiger charge is -2.07. The van der Waals surface area contributed by atoms with Crippen LogP contribution in [-0.2, 0) is 4.74 Å². The minimum absolute atomic E-state index is 0.268. The molecule has 0 unspecified atom stereocenters. The van der Waals surface area contributed by atoms with Crippen molar-refractivity contribution in [3.05, 3.63) is 23.8 Å². The highest BCUT2D eigenvalue weighted by atomic mass is 16.5. The van der Waals surface area contributed by atoms with Gasteiger partial charge in [-0.1, -0.05) is 0 Å². The second-order valence-electron chi connectivity index (χ2n) is 4.71. The number of nitrogens with zero attached hydrogens (tertiary/aromatic N) is 3. The van der Waals surface area contributed by atoms with Crippen LogP contribution >= 0.6 is 0 Å². The standard InChI is InChI=1S/C13H16N4O2/c1-3-19-13(18)11-12-16-10(15-9-4-5-9)6-8(2)17(12)7-14-11/h6-7,9H,3-5H2,1-2H3,(H,15,16). The van der Waals surface area contributed by atoms with Gasteiger partial charge in [0.05, 0.1) is 6.61 Å². The summed E-state index contributed by atoms with van der Waals surface area (Å²) in [6, 6.07) is 2.48. The van der Waals surface area contributed by atoms with Gasteiger partial charge in [-0.05, 0) is 26.7 Å². The molecule has 0 radical (unpaired) electrons. The predicted octanol–water partition coefficient (Wildman–Crippen LogP) is 1.79. The minimum Gasteiger partial charge on any atom is -0.461 e. The number of carbonyl (C=O) groups is 1. The van der Waals surface area contributed by atoms with Crippen molar-refractivity contribution < 1.29 is 9.53 Å². The van der Waals surface area contributed by atoms with Gasteiger partial charge < -0.3 is 10.1 Å². The lowest BCUT2D eigenvalue weighted by molar-refractivity contribution is 0.0522. The Labute approximate surface area is 110 Å². The van der Waals surface area contributed by atoms with E-state index in [1.807, 2.05) is 13.0 Å². The molecule has 6 heteroatoms. The molecular weight excluding hydrogens is 244 g/mol. The van der Waals surface area contributed by atoms with Gasteiger partial charge in [-0.15, -0.1) is 0 Å². The quantitative estimate of drug-likeness (QED) is 0.849. The zero-order valence-corrected chi connectivity index (χ0v) is 11.0. The summed E-state index contributed by atoms with van der Waals surface area (Å²) in [5, 5.41) is 3.33. The van der Waals surface area contributed by atoms with Crippen molar-refractivity contribution in [2.45, 2.75) is 32.7 Å². The third-order valence-electron chi connectivity index (χ3n) is 3.09. The Morgan fingerprint density at radius 3 is 3.05 bits per heavy atom. The molecule has 0 bridgehead atoms. The van der Waals surface area contributed by atoms with Crippen LogP contribution in [0.1, 0.15) is 35.9 Å². The van der Waals surface area contributed by atoms with Crippen molar-refractivity contribution in [1.29, 1.82) is 0 Å². The maximum absolute atomic E-state index is 11.8. The maximum atomic E-state index is 11.8. The topological polar surface area (TPSA) is 68.5 Å². The highest BCUT2D eigenvalue weighted by molar-refractivity contribution is 5.94. The molecule has 0 atom stereocenters. The van der Waals surface area contributed by atoms with Gasteiger partial charge in [0, 0.05) is 17.8 Å². The van der Waals surface area contributed by atoms with E-state index in [1.165, 1.54) is 12.8 Å². The summed E-state index contributed by atoms with van der Waals surface area (Å²) in [6.07, 6.45) is 3.95. The fraction of sp³-hybridized carbons (Fsp3) is 0.462. The molecule has 2 aromatic heterocycles. The van der Waals surface area contributed by atoms with Crippen LogP contribution < -0.4 is 5.32 Å². The van der Waals surface area contributed by atoms with Crippen LogP contribution in [0.3, 0.4) is 0 Å². The van der Waals surface area contributed by atoms with Gasteiger partial charge in [0.25, 0.3) is 0 Å². The van der Waals surface area contributed by atoms with Crippen molar-refractivity contribution >= 4 is 17.4 Å². The maximum Gasteiger partial charge on any atom is 0.360 e. The van der Waals surface area contributed by atoms with E-state index in [4.69, 9.17) is 4.74 Å². The highest BCUT2D eigenvalue weighted by Gasteiger charge is 2.23. The zero-order chi connectivity index (χ0) is 13.4. The Morgan fingerprint density at radius 2 is 2.37 bits per heavy atom. The number of hydrogen-bond donors (Lipinski definition) is 1. The van der Waals surface area contributed by atoms with Crippen LogP contribution in [0.4, 0.5) is 5.82 Å². The van der Waals surface area contributed by atoms with E-state index in [0.717, 1.165) is 11.5 Å². The molecule has 0 saturated heterocycles. The molecule has 6 nitrogen and oxygen atoms in total. The Morgan fingerprint density at radius 1 is 1.58 bits per heavy atom. The summed E-state index contributed by atoms with van der Waals surface area (Å²) in [6.45, 7) is 4.06. The number of aryl methyl sites for hydroxylation is 1. The van der Waals surface area contributed by atoms with E-state index in [2.05, 4.69) is 15.3 Å². The lowest BCUT2D eigenvalue weighted by atomic mass is 10.3. The molecule has 100 valence electrons. The first-order valence-corrected chi connectivity index (χ1v) is 6.47. The monoisotopic (exact) mass is 260 g/mol. The first-order chi connectivity index (χ1) is 9.19. The smallest absolute Gasteiger partial charge is 0.360 e. The number of hydrogen-bond acceptors (Lipinski definition) is 5. The molecule has 2 aromatic rings. The van der Waals surface area contributed by atoms with Crippen molar-refractivity contribution in [2.24, 2.45) is 0 Å². The van der Waals surface area contributed by atoms with E-state index >= 15 is 0 Å². The molecule has 1 N–H and O–H groups in total. The van der Waals surface area contributed by atoms with Crippen LogP contribution in [0, 0.1) is 6.92 Å². The molecule has 0 amide bonds. The van der Waals surface area contributed by atoms with Gasteiger partial charge >= 0.3 is 5.97 Å². The number of esters is 1. The van der Waals surface area contributed by atoms with Gasteiger partial charge in [0.1, 0.15) is 12.1 Å². The summed E-state index contributed by atoms with van der Waals surface area (Å²) in [5.41, 5.74) is 1.79. The molecule has 0 spiro atoms. The van der Waals surface area contributed by atoms with Gasteiger partial charge in [-0.25, -0.2) is 14.8 Å². The van der Waals surface area contributed by atoms with Gasteiger partial charge in [-0.2, -0.15) is 0 Å². The molecular formula is C13H16N4O2. The van der Waals surface area contributed by atoms with Crippen molar-refractivity contribution in [3.8, 4) is 0 Å². The van der Waals surface area contributed by atoms with Gasteiger partial charge in [-0.3, -0.25) is 4.40 Å². The fourth-order valence-corrected chi connectivity index (χ4v) is 1.97. The summed E-state index contributed by atoms with van der Waals surface area (Å²) in [5.74, 6) is 0.360. The van der Waals surface area contributed by atoms with Gasteiger partial charge in [0.2, 0.25) is 0 Å². The Kier molecular flexibility index (Phi) is 2.85. The number of ether oxygens (including phenoxy) is 1. The largest absolute Gasteiger partial charge is 0.461 e. The zero-order valence-electron chi connectivity index (χ0n) is 11.0. The number of anilines is 1. The Bertz CT molecular complexity index is 631. The summed E-state index contributed by atoms with van der Waals surface area (Å²) >= 11 is 0. The third-order valence-corrected chi connectivity index (χ3v) is 3.09. The number of rotatable bonds is 4. The van der Waals surface area contributed by atoms with Crippen LogP contribution in [0.2, 0.25) is 0 Å². The van der Waals surface area contributed by atoms with Crippen LogP contribution in [0.15, 0.2) is 12.4 Å². The number of nitrogens with one attached hydrogen (secondary N) is 1. The second-order valence-corrected chi connectivity index (χ2v) is 4.71. The van der Waals surface area contributed by atoms with Crippen molar-refractivity contribution in [2.75, 3.05) is 11.9 Å². The predicted molar refractivity (Wildman–Crippen MR) is 70.3 cm³/mol. The average Bonchev–Trinajstić information content (AvgIpc) is 3.06. The van der Waals surface area contributed by atoms with Crippen LogP contribution in [-0.4, -0.2) is 33.0 Å². The number of fused-ring (bicyclic) bond motifs is 1.